The van der Waals surface area contributed by atoms with Crippen LogP contribution in [0, 0.1) is 56.2 Å². The van der Waals surface area contributed by atoms with Crippen LogP contribution in [0.1, 0.15) is 126 Å². The fourth-order valence-electron chi connectivity index (χ4n) is 11.8. The lowest BCUT2D eigenvalue weighted by Crippen LogP contribution is -2.67. The van der Waals surface area contributed by atoms with Crippen LogP contribution >= 0.6 is 0 Å². The van der Waals surface area contributed by atoms with Crippen LogP contribution in [0.3, 0.4) is 0 Å². The third-order valence-corrected chi connectivity index (χ3v) is 13.9. The zero-order valence-corrected chi connectivity index (χ0v) is 24.3. The van der Waals surface area contributed by atoms with Gasteiger partial charge < -0.3 is 9.84 Å². The van der Waals surface area contributed by atoms with E-state index in [1.165, 1.54) is 25.7 Å². The Morgan fingerprint density at radius 2 is 1.39 bits per heavy atom. The van der Waals surface area contributed by atoms with Crippen molar-refractivity contribution in [3.05, 3.63) is 0 Å². The summed E-state index contributed by atoms with van der Waals surface area (Å²) in [7, 11) is 0. The molecule has 0 bridgehead atoms. The van der Waals surface area contributed by atoms with Crippen molar-refractivity contribution in [1.82, 2.24) is 0 Å². The van der Waals surface area contributed by atoms with Gasteiger partial charge in [-0.3, -0.25) is 9.59 Å². The largest absolute Gasteiger partial charge is 0.481 e. The molecule has 0 spiro atoms. The summed E-state index contributed by atoms with van der Waals surface area (Å²) < 4.78 is 5.88. The highest BCUT2D eigenvalue weighted by Gasteiger charge is 2.71. The molecule has 9 atom stereocenters. The van der Waals surface area contributed by atoms with E-state index >= 15 is 0 Å². The van der Waals surface area contributed by atoms with Gasteiger partial charge in [-0.1, -0.05) is 48.5 Å². The van der Waals surface area contributed by atoms with E-state index in [1.807, 2.05) is 0 Å². The highest BCUT2D eigenvalue weighted by atomic mass is 16.5. The number of carboxylic acids is 1. The Kier molecular flexibility index (Phi) is 5.88. The number of rotatable bonds is 2. The van der Waals surface area contributed by atoms with E-state index in [9.17, 15) is 14.7 Å². The van der Waals surface area contributed by atoms with E-state index in [4.69, 9.17) is 4.74 Å². The number of carbonyl (C=O) groups is 2. The minimum Gasteiger partial charge on any atom is -0.481 e. The summed E-state index contributed by atoms with van der Waals surface area (Å²) in [5, 5.41) is 10.6. The van der Waals surface area contributed by atoms with Crippen molar-refractivity contribution in [2.75, 3.05) is 0 Å². The fraction of sp³-hybridized carbons (Fsp3) is 0.938. The van der Waals surface area contributed by atoms with Gasteiger partial charge >= 0.3 is 11.9 Å². The highest BCUT2D eigenvalue weighted by Crippen LogP contribution is 2.77. The number of fused-ring (bicyclic) bond motifs is 7. The topological polar surface area (TPSA) is 63.6 Å². The number of carboxylic acid groups (broad SMARTS) is 1. The Hall–Kier alpha value is -1.06. The SMILES string of the molecule is CC(=O)O[C@H]1CC[C@@]2(C)[C@@H](CC[C@]3(C)[C@H]2CC[C@H]2[C@@H]4CC(C)(C)CC[C@]4(C(=O)O)CC[C@]23C)C1(C)C. The van der Waals surface area contributed by atoms with Crippen LogP contribution in [-0.2, 0) is 14.3 Å². The number of carbonyl (C=O) groups excluding carboxylic acids is 1. The molecule has 0 radical (unpaired) electrons. The normalized spacial score (nSPS) is 51.1. The molecule has 4 nitrogen and oxygen atoms in total. The molecule has 5 aliphatic carbocycles. The van der Waals surface area contributed by atoms with Crippen molar-refractivity contribution >= 4 is 11.9 Å². The van der Waals surface area contributed by atoms with E-state index in [-0.39, 0.29) is 39.1 Å². The first-order valence-electron chi connectivity index (χ1n) is 14.9. The predicted molar refractivity (Wildman–Crippen MR) is 142 cm³/mol. The van der Waals surface area contributed by atoms with Gasteiger partial charge in [0, 0.05) is 12.3 Å². The molecule has 204 valence electrons. The molecular formula is C32H52O4. The third-order valence-electron chi connectivity index (χ3n) is 13.9. The van der Waals surface area contributed by atoms with E-state index in [0.29, 0.717) is 23.7 Å². The first-order chi connectivity index (χ1) is 16.5. The molecule has 36 heavy (non-hydrogen) atoms. The zero-order valence-electron chi connectivity index (χ0n) is 24.3. The Labute approximate surface area is 219 Å². The number of hydrogen-bond acceptors (Lipinski definition) is 3. The molecule has 5 saturated carbocycles. The average Bonchev–Trinajstić information content (AvgIpc) is 2.75. The summed E-state index contributed by atoms with van der Waals surface area (Å²) in [6, 6.07) is 0. The van der Waals surface area contributed by atoms with Gasteiger partial charge in [-0.05, 0) is 116 Å². The lowest BCUT2D eigenvalue weighted by molar-refractivity contribution is -0.256. The number of aliphatic carboxylic acids is 1. The Balaban J connectivity index is 1.50. The second kappa shape index (κ2) is 7.98. The van der Waals surface area contributed by atoms with Crippen molar-refractivity contribution in [2.24, 2.45) is 56.2 Å². The van der Waals surface area contributed by atoms with E-state index in [0.717, 1.165) is 44.9 Å². The van der Waals surface area contributed by atoms with Gasteiger partial charge in [-0.2, -0.15) is 0 Å². The quantitative estimate of drug-likeness (QED) is 0.392. The Bertz CT molecular complexity index is 936. The monoisotopic (exact) mass is 500 g/mol. The van der Waals surface area contributed by atoms with Crippen LogP contribution in [0.4, 0.5) is 0 Å². The van der Waals surface area contributed by atoms with Crippen LogP contribution < -0.4 is 0 Å². The van der Waals surface area contributed by atoms with Crippen molar-refractivity contribution in [3.8, 4) is 0 Å². The van der Waals surface area contributed by atoms with Crippen molar-refractivity contribution in [2.45, 2.75) is 132 Å². The highest BCUT2D eigenvalue weighted by molar-refractivity contribution is 5.75. The van der Waals surface area contributed by atoms with Gasteiger partial charge in [0.15, 0.2) is 0 Å². The summed E-state index contributed by atoms with van der Waals surface area (Å²) in [5.41, 5.74) is 0.385. The van der Waals surface area contributed by atoms with Gasteiger partial charge in [0.2, 0.25) is 0 Å². The molecular weight excluding hydrogens is 448 g/mol. The molecule has 0 unspecified atom stereocenters. The van der Waals surface area contributed by atoms with Crippen LogP contribution in [-0.4, -0.2) is 23.1 Å². The maximum atomic E-state index is 12.8. The molecule has 0 saturated heterocycles. The number of ether oxygens (including phenoxy) is 1. The summed E-state index contributed by atoms with van der Waals surface area (Å²) in [6.07, 6.45) is 11.8. The summed E-state index contributed by atoms with van der Waals surface area (Å²) in [6.45, 7) is 18.8. The zero-order chi connectivity index (χ0) is 26.5. The van der Waals surface area contributed by atoms with Gasteiger partial charge in [0.05, 0.1) is 5.41 Å². The lowest BCUT2D eigenvalue weighted by Gasteiger charge is -2.73. The van der Waals surface area contributed by atoms with Crippen molar-refractivity contribution < 1.29 is 19.4 Å². The molecule has 5 aliphatic rings. The van der Waals surface area contributed by atoms with Crippen LogP contribution in [0.5, 0.6) is 0 Å². The Morgan fingerprint density at radius 1 is 0.722 bits per heavy atom. The first kappa shape index (κ1) is 26.5. The second-order valence-electron chi connectivity index (χ2n) is 16.1. The lowest BCUT2D eigenvalue weighted by atomic mass is 9.31. The van der Waals surface area contributed by atoms with E-state index in [1.54, 1.807) is 6.92 Å². The van der Waals surface area contributed by atoms with Gasteiger partial charge in [0.25, 0.3) is 0 Å². The number of esters is 1. The van der Waals surface area contributed by atoms with Gasteiger partial charge in [-0.15, -0.1) is 0 Å². The van der Waals surface area contributed by atoms with Crippen LogP contribution in [0.25, 0.3) is 0 Å². The second-order valence-corrected chi connectivity index (χ2v) is 16.1. The predicted octanol–water partition coefficient (Wildman–Crippen LogP) is 7.88. The summed E-state index contributed by atoms with van der Waals surface area (Å²) >= 11 is 0. The van der Waals surface area contributed by atoms with Crippen molar-refractivity contribution in [3.63, 3.8) is 0 Å². The first-order valence-corrected chi connectivity index (χ1v) is 14.9. The van der Waals surface area contributed by atoms with Gasteiger partial charge in [-0.25, -0.2) is 0 Å². The van der Waals surface area contributed by atoms with Crippen LogP contribution in [0.2, 0.25) is 0 Å². The molecule has 0 aromatic rings. The van der Waals surface area contributed by atoms with Crippen molar-refractivity contribution in [1.29, 1.82) is 0 Å². The van der Waals surface area contributed by atoms with E-state index < -0.39 is 11.4 Å². The molecule has 0 aromatic carbocycles. The molecule has 0 aromatic heterocycles. The molecule has 0 amide bonds. The minimum absolute atomic E-state index is 0.0136. The van der Waals surface area contributed by atoms with Crippen LogP contribution in [0.15, 0.2) is 0 Å². The molecule has 0 aliphatic heterocycles. The van der Waals surface area contributed by atoms with E-state index in [2.05, 4.69) is 48.5 Å². The molecule has 4 heteroatoms. The summed E-state index contributed by atoms with van der Waals surface area (Å²) in [5.74, 6) is 1.35. The molecule has 5 fully saturated rings. The minimum atomic E-state index is -0.515. The Morgan fingerprint density at radius 3 is 2.03 bits per heavy atom. The number of hydrogen-bond donors (Lipinski definition) is 1. The maximum Gasteiger partial charge on any atom is 0.309 e. The smallest absolute Gasteiger partial charge is 0.309 e. The van der Waals surface area contributed by atoms with Gasteiger partial charge in [0.1, 0.15) is 6.10 Å². The molecule has 0 heterocycles. The summed E-state index contributed by atoms with van der Waals surface area (Å²) in [4.78, 5) is 24.7. The third kappa shape index (κ3) is 3.36. The molecule has 5 rings (SSSR count). The molecule has 1 N–H and O–H groups in total. The fourth-order valence-corrected chi connectivity index (χ4v) is 11.8. The maximum absolute atomic E-state index is 12.8. The standard InChI is InChI=1S/C32H52O4/c1-20(33)36-25-12-13-29(6)23(28(25,4)5)11-14-31(8)24(29)10-9-21-22-19-27(2,3)15-17-32(22,26(34)35)18-16-30(21,31)7/h21-25H,9-19H2,1-8H3,(H,34,35)/t21-,22-,23-,24-,25-,29-,30+,31+,32-/m0/s1. The average molecular weight is 501 g/mol.